The molecule has 3 atom stereocenters. The minimum absolute atomic E-state index is 0.424. The Bertz CT molecular complexity index is 591. The summed E-state index contributed by atoms with van der Waals surface area (Å²) in [5.41, 5.74) is 9.39. The van der Waals surface area contributed by atoms with E-state index >= 15 is 0 Å². The molecule has 3 rings (SSSR count). The van der Waals surface area contributed by atoms with Crippen LogP contribution in [-0.4, -0.2) is 32.2 Å². The van der Waals surface area contributed by atoms with Crippen molar-refractivity contribution in [3.8, 4) is 0 Å². The average Bonchev–Trinajstić information content (AvgIpc) is 2.76. The van der Waals surface area contributed by atoms with E-state index in [-0.39, 0.29) is 0 Å². The van der Waals surface area contributed by atoms with Crippen LogP contribution in [0.4, 0.5) is 0 Å². The second-order valence-corrected chi connectivity index (χ2v) is 9.36. The Morgan fingerprint density at radius 2 is 1.90 bits per heavy atom. The second kappa shape index (κ2) is 12.5. The third-order valence-electron chi connectivity index (χ3n) is 7.26. The molecule has 0 bridgehead atoms. The molecule has 3 nitrogen and oxygen atoms in total. The second-order valence-electron chi connectivity index (χ2n) is 9.36. The number of hydrogen-bond acceptors (Lipinski definition) is 3. The van der Waals surface area contributed by atoms with Gasteiger partial charge in [0.1, 0.15) is 0 Å². The number of benzene rings is 1. The number of hydrogen-bond donors (Lipinski definition) is 3. The van der Waals surface area contributed by atoms with Gasteiger partial charge in [-0.2, -0.15) is 0 Å². The summed E-state index contributed by atoms with van der Waals surface area (Å²) in [5.74, 6) is 2.33. The van der Waals surface area contributed by atoms with Crippen molar-refractivity contribution in [3.05, 3.63) is 41.5 Å². The van der Waals surface area contributed by atoms with Crippen LogP contribution in [0.3, 0.4) is 0 Å². The fourth-order valence-electron chi connectivity index (χ4n) is 5.38. The van der Waals surface area contributed by atoms with Crippen LogP contribution < -0.4 is 16.4 Å². The van der Waals surface area contributed by atoms with E-state index in [0.717, 1.165) is 30.8 Å². The van der Waals surface area contributed by atoms with Crippen LogP contribution in [-0.2, 0) is 0 Å². The maximum absolute atomic E-state index is 6.52. The Morgan fingerprint density at radius 1 is 1.14 bits per heavy atom. The summed E-state index contributed by atoms with van der Waals surface area (Å²) in [6, 6.07) is 11.3. The van der Waals surface area contributed by atoms with E-state index < -0.39 is 0 Å². The normalized spacial score (nSPS) is 25.1. The molecule has 1 saturated carbocycles. The van der Waals surface area contributed by atoms with Crippen LogP contribution >= 0.6 is 0 Å². The lowest BCUT2D eigenvalue weighted by Crippen LogP contribution is -2.37. The molecule has 0 aromatic heterocycles. The molecular formula is C26H43N3. The highest BCUT2D eigenvalue weighted by atomic mass is 14.9. The molecule has 1 heterocycles. The minimum Gasteiger partial charge on any atom is -0.327 e. The molecule has 0 amide bonds. The largest absolute Gasteiger partial charge is 0.327 e. The highest BCUT2D eigenvalue weighted by Gasteiger charge is 2.28. The van der Waals surface area contributed by atoms with Crippen molar-refractivity contribution in [2.45, 2.75) is 70.8 Å². The van der Waals surface area contributed by atoms with Crippen LogP contribution in [0.1, 0.15) is 70.3 Å². The fraction of sp³-hybridized carbons (Fsp3) is 0.692. The van der Waals surface area contributed by atoms with Crippen LogP contribution in [0.5, 0.6) is 0 Å². The van der Waals surface area contributed by atoms with Crippen LogP contribution in [0.25, 0.3) is 6.08 Å². The van der Waals surface area contributed by atoms with Crippen molar-refractivity contribution in [2.75, 3.05) is 26.2 Å². The third kappa shape index (κ3) is 7.55. The molecule has 1 aliphatic heterocycles. The zero-order valence-corrected chi connectivity index (χ0v) is 18.5. The molecule has 3 heteroatoms. The first-order valence-corrected chi connectivity index (χ1v) is 12.2. The van der Waals surface area contributed by atoms with Crippen molar-refractivity contribution in [3.63, 3.8) is 0 Å². The lowest BCUT2D eigenvalue weighted by molar-refractivity contribution is 0.199. The predicted octanol–water partition coefficient (Wildman–Crippen LogP) is 4.98. The van der Waals surface area contributed by atoms with Gasteiger partial charge in [-0.15, -0.1) is 0 Å². The van der Waals surface area contributed by atoms with Gasteiger partial charge in [-0.3, -0.25) is 0 Å². The zero-order chi connectivity index (χ0) is 20.3. The molecule has 0 radical (unpaired) electrons. The predicted molar refractivity (Wildman–Crippen MR) is 126 cm³/mol. The van der Waals surface area contributed by atoms with Crippen molar-refractivity contribution >= 4 is 6.08 Å². The molecule has 2 fully saturated rings. The first kappa shape index (κ1) is 22.5. The van der Waals surface area contributed by atoms with Gasteiger partial charge in [0.15, 0.2) is 0 Å². The van der Waals surface area contributed by atoms with Crippen LogP contribution in [0, 0.1) is 17.8 Å². The highest BCUT2D eigenvalue weighted by Crippen LogP contribution is 2.34. The molecule has 162 valence electrons. The summed E-state index contributed by atoms with van der Waals surface area (Å²) in [7, 11) is 0. The number of nitrogens with one attached hydrogen (secondary N) is 2. The lowest BCUT2D eigenvalue weighted by atomic mass is 9.73. The molecule has 1 aromatic carbocycles. The van der Waals surface area contributed by atoms with E-state index in [1.807, 2.05) is 0 Å². The molecule has 0 spiro atoms. The van der Waals surface area contributed by atoms with Crippen molar-refractivity contribution in [1.29, 1.82) is 0 Å². The summed E-state index contributed by atoms with van der Waals surface area (Å²) in [6.07, 6.45) is 14.0. The van der Waals surface area contributed by atoms with Gasteiger partial charge < -0.3 is 16.4 Å². The van der Waals surface area contributed by atoms with E-state index in [9.17, 15) is 0 Å². The van der Waals surface area contributed by atoms with Gasteiger partial charge in [0, 0.05) is 12.6 Å². The Hall–Kier alpha value is -1.16. The summed E-state index contributed by atoms with van der Waals surface area (Å²) in [5, 5.41) is 7.26. The van der Waals surface area contributed by atoms with E-state index in [4.69, 9.17) is 5.73 Å². The van der Waals surface area contributed by atoms with Gasteiger partial charge in [0.25, 0.3) is 0 Å². The number of rotatable bonds is 10. The fourth-order valence-corrected chi connectivity index (χ4v) is 5.38. The first-order chi connectivity index (χ1) is 14.3. The average molecular weight is 398 g/mol. The Kier molecular flexibility index (Phi) is 9.72. The van der Waals surface area contributed by atoms with Crippen molar-refractivity contribution < 1.29 is 0 Å². The Balaban J connectivity index is 1.57. The van der Waals surface area contributed by atoms with E-state index in [1.165, 1.54) is 76.4 Å². The molecule has 4 N–H and O–H groups in total. The summed E-state index contributed by atoms with van der Waals surface area (Å²) < 4.78 is 0. The molecule has 29 heavy (non-hydrogen) atoms. The zero-order valence-electron chi connectivity index (χ0n) is 18.5. The Labute approximate surface area is 178 Å². The van der Waals surface area contributed by atoms with Gasteiger partial charge >= 0.3 is 0 Å². The van der Waals surface area contributed by atoms with Crippen LogP contribution in [0.15, 0.2) is 35.9 Å². The van der Waals surface area contributed by atoms with E-state index in [2.05, 4.69) is 54.0 Å². The topological polar surface area (TPSA) is 50.1 Å². The number of piperidine rings is 1. The quantitative estimate of drug-likeness (QED) is 0.522. The smallest absolute Gasteiger partial charge is 0.0168 e. The van der Waals surface area contributed by atoms with Gasteiger partial charge in [-0.05, 0) is 81.5 Å². The number of nitrogens with two attached hydrogens (primary N) is 1. The lowest BCUT2D eigenvalue weighted by Gasteiger charge is -2.35. The van der Waals surface area contributed by atoms with Gasteiger partial charge in [-0.25, -0.2) is 0 Å². The SMILES string of the molecule is CCC(CC/C(=C\c1ccccc1)CNCC1CCNCC1)C1CCCCC1N. The Morgan fingerprint density at radius 3 is 2.62 bits per heavy atom. The molecule has 1 aromatic rings. The summed E-state index contributed by atoms with van der Waals surface area (Å²) in [4.78, 5) is 0. The first-order valence-electron chi connectivity index (χ1n) is 12.2. The highest BCUT2D eigenvalue weighted by molar-refractivity contribution is 5.53. The van der Waals surface area contributed by atoms with Gasteiger partial charge in [0.2, 0.25) is 0 Å². The minimum atomic E-state index is 0.424. The van der Waals surface area contributed by atoms with Crippen molar-refractivity contribution in [1.82, 2.24) is 10.6 Å². The monoisotopic (exact) mass is 397 g/mol. The van der Waals surface area contributed by atoms with E-state index in [0.29, 0.717) is 6.04 Å². The molecule has 1 aliphatic carbocycles. The van der Waals surface area contributed by atoms with Gasteiger partial charge in [0.05, 0.1) is 0 Å². The van der Waals surface area contributed by atoms with Gasteiger partial charge in [-0.1, -0.05) is 68.2 Å². The summed E-state index contributed by atoms with van der Waals surface area (Å²) >= 11 is 0. The standard InChI is InChI=1S/C26H43N3/c1-2-24(25-10-6-7-11-26(25)27)13-12-23(18-21-8-4-3-5-9-21)20-29-19-22-14-16-28-17-15-22/h3-5,8-9,18,22,24-26,28-29H,2,6-7,10-17,19-20,27H2,1H3/b23-18+. The van der Waals surface area contributed by atoms with Crippen molar-refractivity contribution in [2.24, 2.45) is 23.5 Å². The van der Waals surface area contributed by atoms with Crippen LogP contribution in [0.2, 0.25) is 0 Å². The maximum Gasteiger partial charge on any atom is 0.0168 e. The van der Waals surface area contributed by atoms with E-state index in [1.54, 1.807) is 5.57 Å². The third-order valence-corrected chi connectivity index (χ3v) is 7.26. The molecule has 3 unspecified atom stereocenters. The molecule has 2 aliphatic rings. The molecule has 1 saturated heterocycles. The summed E-state index contributed by atoms with van der Waals surface area (Å²) in [6.45, 7) is 6.89. The molecular weight excluding hydrogens is 354 g/mol. The maximum atomic E-state index is 6.52.